The van der Waals surface area contributed by atoms with Gasteiger partial charge in [-0.2, -0.15) is 4.31 Å². The molecular weight excluding hydrogens is 340 g/mol. The molecule has 1 saturated heterocycles. The van der Waals surface area contributed by atoms with E-state index in [1.54, 1.807) is 36.9 Å². The lowest BCUT2D eigenvalue weighted by atomic mass is 10.0. The molecule has 1 amide bonds. The van der Waals surface area contributed by atoms with Gasteiger partial charge in [0.15, 0.2) is 5.78 Å². The smallest absolute Gasteiger partial charge is 0.254 e. The molecule has 1 heterocycles. The molecule has 1 aromatic carbocycles. The molecule has 1 fully saturated rings. The van der Waals surface area contributed by atoms with Gasteiger partial charge < -0.3 is 4.90 Å². The van der Waals surface area contributed by atoms with Crippen LogP contribution in [0.25, 0.3) is 0 Å². The van der Waals surface area contributed by atoms with Gasteiger partial charge in [0.05, 0.1) is 5.25 Å². The molecule has 0 bridgehead atoms. The molecule has 3 rings (SSSR count). The largest absolute Gasteiger partial charge is 0.337 e. The summed E-state index contributed by atoms with van der Waals surface area (Å²) in [5, 5.41) is -0.460. The highest BCUT2D eigenvalue weighted by Gasteiger charge is 2.31. The van der Waals surface area contributed by atoms with Crippen molar-refractivity contribution in [3.05, 3.63) is 34.9 Å². The SMILES string of the molecule is CC(C)S(=O)(=O)N1CCCN(C(=O)c2cccc3c2CCC3=O)CC1. The summed E-state index contributed by atoms with van der Waals surface area (Å²) in [6.07, 6.45) is 1.68. The van der Waals surface area contributed by atoms with Crippen LogP contribution in [0.15, 0.2) is 18.2 Å². The van der Waals surface area contributed by atoms with Gasteiger partial charge in [0, 0.05) is 43.7 Å². The zero-order chi connectivity index (χ0) is 18.2. The number of amides is 1. The third kappa shape index (κ3) is 3.35. The summed E-state index contributed by atoms with van der Waals surface area (Å²) >= 11 is 0. The molecule has 0 N–H and O–H groups in total. The maximum Gasteiger partial charge on any atom is 0.254 e. The second-order valence-electron chi connectivity index (χ2n) is 6.89. The van der Waals surface area contributed by atoms with Crippen molar-refractivity contribution in [3.63, 3.8) is 0 Å². The first-order chi connectivity index (χ1) is 11.8. The molecule has 0 unspecified atom stereocenters. The Morgan fingerprint density at radius 2 is 1.84 bits per heavy atom. The van der Waals surface area contributed by atoms with Crippen LogP contribution < -0.4 is 0 Å². The maximum absolute atomic E-state index is 13.0. The van der Waals surface area contributed by atoms with Crippen LogP contribution in [-0.2, 0) is 16.4 Å². The molecule has 0 radical (unpaired) electrons. The van der Waals surface area contributed by atoms with Crippen LogP contribution in [0.5, 0.6) is 0 Å². The van der Waals surface area contributed by atoms with E-state index in [4.69, 9.17) is 0 Å². The molecule has 7 heteroatoms. The van der Waals surface area contributed by atoms with Gasteiger partial charge in [0.25, 0.3) is 5.91 Å². The van der Waals surface area contributed by atoms with Crippen LogP contribution >= 0.6 is 0 Å². The minimum Gasteiger partial charge on any atom is -0.337 e. The molecule has 1 aromatic rings. The third-order valence-electron chi connectivity index (χ3n) is 5.01. The van der Waals surface area contributed by atoms with Crippen LogP contribution in [-0.4, -0.2) is 60.7 Å². The number of benzene rings is 1. The Balaban J connectivity index is 1.78. The van der Waals surface area contributed by atoms with E-state index >= 15 is 0 Å². The fourth-order valence-electron chi connectivity index (χ4n) is 3.51. The molecule has 0 saturated carbocycles. The van der Waals surface area contributed by atoms with Crippen LogP contribution in [0, 0.1) is 0 Å². The van der Waals surface area contributed by atoms with Gasteiger partial charge in [-0.25, -0.2) is 8.42 Å². The van der Waals surface area contributed by atoms with E-state index in [9.17, 15) is 18.0 Å². The standard InChI is InChI=1S/C18H24N2O4S/c1-13(2)25(23,24)20-10-4-9-19(11-12-20)18(22)16-6-3-5-15-14(16)7-8-17(15)21/h3,5-6,13H,4,7-12H2,1-2H3. The molecular formula is C18H24N2O4S. The molecule has 0 spiro atoms. The maximum atomic E-state index is 13.0. The number of Topliss-reactive ketones (excluding diaryl/α,β-unsaturated/α-hetero) is 1. The highest BCUT2D eigenvalue weighted by molar-refractivity contribution is 7.89. The van der Waals surface area contributed by atoms with Crippen molar-refractivity contribution in [2.45, 2.75) is 38.4 Å². The molecule has 1 aliphatic heterocycles. The van der Waals surface area contributed by atoms with Crippen molar-refractivity contribution < 1.29 is 18.0 Å². The zero-order valence-corrected chi connectivity index (χ0v) is 15.5. The van der Waals surface area contributed by atoms with E-state index in [1.807, 2.05) is 0 Å². The summed E-state index contributed by atoms with van der Waals surface area (Å²) in [5.74, 6) is -0.00920. The fraction of sp³-hybridized carbons (Fsp3) is 0.556. The van der Waals surface area contributed by atoms with Crippen molar-refractivity contribution in [2.75, 3.05) is 26.2 Å². The van der Waals surface area contributed by atoms with Gasteiger partial charge in [0.1, 0.15) is 0 Å². The first-order valence-corrected chi connectivity index (χ1v) is 10.3. The first-order valence-electron chi connectivity index (χ1n) is 8.75. The molecule has 2 aliphatic rings. The Hall–Kier alpha value is -1.73. The number of hydrogen-bond acceptors (Lipinski definition) is 4. The minimum absolute atomic E-state index is 0.0923. The number of carbonyl (C=O) groups is 2. The predicted octanol–water partition coefficient (Wildman–Crippen LogP) is 1.70. The van der Waals surface area contributed by atoms with Crippen molar-refractivity contribution in [2.24, 2.45) is 0 Å². The highest BCUT2D eigenvalue weighted by atomic mass is 32.2. The first kappa shape index (κ1) is 18.1. The van der Waals surface area contributed by atoms with E-state index in [1.165, 1.54) is 4.31 Å². The number of hydrogen-bond donors (Lipinski definition) is 0. The van der Waals surface area contributed by atoms with Crippen LogP contribution in [0.1, 0.15) is 53.0 Å². The molecule has 1 aliphatic carbocycles. The van der Waals surface area contributed by atoms with Gasteiger partial charge >= 0.3 is 0 Å². The van der Waals surface area contributed by atoms with Crippen LogP contribution in [0.2, 0.25) is 0 Å². The van der Waals surface area contributed by atoms with Crippen LogP contribution in [0.3, 0.4) is 0 Å². The lowest BCUT2D eigenvalue weighted by Gasteiger charge is -2.24. The lowest BCUT2D eigenvalue weighted by molar-refractivity contribution is 0.0763. The third-order valence-corrected chi connectivity index (χ3v) is 7.28. The number of fused-ring (bicyclic) bond motifs is 1. The zero-order valence-electron chi connectivity index (χ0n) is 14.7. The number of carbonyl (C=O) groups excluding carboxylic acids is 2. The van der Waals surface area contributed by atoms with E-state index in [2.05, 4.69) is 0 Å². The second-order valence-corrected chi connectivity index (χ2v) is 9.38. The quantitative estimate of drug-likeness (QED) is 0.818. The summed E-state index contributed by atoms with van der Waals surface area (Å²) in [4.78, 5) is 26.6. The average Bonchev–Trinajstić information content (AvgIpc) is 2.81. The second kappa shape index (κ2) is 6.88. The Morgan fingerprint density at radius 3 is 2.56 bits per heavy atom. The topological polar surface area (TPSA) is 74.8 Å². The number of rotatable bonds is 3. The number of sulfonamides is 1. The summed E-state index contributed by atoms with van der Waals surface area (Å²) in [5.41, 5.74) is 2.08. The summed E-state index contributed by atoms with van der Waals surface area (Å²) in [7, 11) is -3.30. The predicted molar refractivity (Wildman–Crippen MR) is 95.2 cm³/mol. The summed E-state index contributed by atoms with van der Waals surface area (Å²) in [6, 6.07) is 5.30. The molecule has 0 atom stereocenters. The van der Waals surface area contributed by atoms with Gasteiger partial charge in [-0.3, -0.25) is 9.59 Å². The van der Waals surface area contributed by atoms with E-state index in [0.717, 1.165) is 5.56 Å². The van der Waals surface area contributed by atoms with Crippen molar-refractivity contribution in [1.82, 2.24) is 9.21 Å². The van der Waals surface area contributed by atoms with Gasteiger partial charge in [-0.05, 0) is 38.3 Å². The van der Waals surface area contributed by atoms with E-state index in [0.29, 0.717) is 56.6 Å². The average molecular weight is 364 g/mol. The van der Waals surface area contributed by atoms with Crippen molar-refractivity contribution in [3.8, 4) is 0 Å². The lowest BCUT2D eigenvalue weighted by Crippen LogP contribution is -2.40. The Kier molecular flexibility index (Phi) is 4.97. The van der Waals surface area contributed by atoms with Gasteiger partial charge in [0.2, 0.25) is 10.0 Å². The molecule has 25 heavy (non-hydrogen) atoms. The highest BCUT2D eigenvalue weighted by Crippen LogP contribution is 2.26. The number of nitrogens with zero attached hydrogens (tertiary/aromatic N) is 2. The van der Waals surface area contributed by atoms with E-state index < -0.39 is 15.3 Å². The number of ketones is 1. The summed E-state index contributed by atoms with van der Waals surface area (Å²) < 4.78 is 26.2. The molecule has 0 aromatic heterocycles. The van der Waals surface area contributed by atoms with Gasteiger partial charge in [-0.15, -0.1) is 0 Å². The van der Waals surface area contributed by atoms with Crippen molar-refractivity contribution in [1.29, 1.82) is 0 Å². The summed E-state index contributed by atoms with van der Waals surface area (Å²) in [6.45, 7) is 5.01. The Labute approximate surface area is 148 Å². The van der Waals surface area contributed by atoms with Crippen molar-refractivity contribution >= 4 is 21.7 Å². The Morgan fingerprint density at radius 1 is 1.08 bits per heavy atom. The molecule has 136 valence electrons. The minimum atomic E-state index is -3.30. The fourth-order valence-corrected chi connectivity index (χ4v) is 4.83. The normalized spacial score (nSPS) is 19.2. The van der Waals surface area contributed by atoms with E-state index in [-0.39, 0.29) is 11.7 Å². The molecule has 6 nitrogen and oxygen atoms in total. The monoisotopic (exact) mass is 364 g/mol. The van der Waals surface area contributed by atoms with Gasteiger partial charge in [-0.1, -0.05) is 12.1 Å². The Bertz CT molecular complexity index is 801. The van der Waals surface area contributed by atoms with Crippen LogP contribution in [0.4, 0.5) is 0 Å².